The van der Waals surface area contributed by atoms with E-state index in [-0.39, 0.29) is 23.6 Å². The van der Waals surface area contributed by atoms with E-state index in [4.69, 9.17) is 9.47 Å². The molecule has 0 heterocycles. The van der Waals surface area contributed by atoms with Crippen LogP contribution in [-0.4, -0.2) is 62.9 Å². The smallest absolute Gasteiger partial charge is 0.337 e. The second kappa shape index (κ2) is 14.7. The van der Waals surface area contributed by atoms with Gasteiger partial charge in [0.05, 0.1) is 18.2 Å². The number of anilines is 1. The number of methoxy groups -OCH3 is 1. The summed E-state index contributed by atoms with van der Waals surface area (Å²) in [5.41, 5.74) is 1.90. The van der Waals surface area contributed by atoms with Crippen molar-refractivity contribution in [3.8, 4) is 5.75 Å². The molecule has 3 aromatic carbocycles. The number of carbonyl (C=O) groups excluding carboxylic acids is 3. The molecule has 0 aliphatic heterocycles. The molecule has 204 valence electrons. The molecule has 0 aromatic heterocycles. The lowest BCUT2D eigenvalue weighted by Gasteiger charge is -2.15. The van der Waals surface area contributed by atoms with Gasteiger partial charge in [0.15, 0.2) is 0 Å². The first-order valence-corrected chi connectivity index (χ1v) is 11.8. The number of allylic oxidation sites excluding steroid dienone is 1. The van der Waals surface area contributed by atoms with Crippen molar-refractivity contribution in [3.05, 3.63) is 76.9 Å². The second-order valence-electron chi connectivity index (χ2n) is 8.19. The van der Waals surface area contributed by atoms with E-state index in [1.165, 1.54) is 32.2 Å². The number of benzene rings is 3. The number of aromatic carboxylic acids is 1. The number of hydrogen-bond donors (Lipinski definition) is 3. The fraction of sp³-hybridized carbons (Fsp3) is 0.207. The van der Waals surface area contributed by atoms with Gasteiger partial charge in [-0.1, -0.05) is 30.3 Å². The van der Waals surface area contributed by atoms with E-state index < -0.39 is 11.9 Å². The third-order valence-corrected chi connectivity index (χ3v) is 5.36. The number of esters is 1. The quantitative estimate of drug-likeness (QED) is 0.129. The lowest BCUT2D eigenvalue weighted by molar-refractivity contribution is -0.118. The van der Waals surface area contributed by atoms with E-state index in [9.17, 15) is 24.3 Å². The summed E-state index contributed by atoms with van der Waals surface area (Å²) in [5.74, 6) is -0.782. The Bertz CT molecular complexity index is 1430. The van der Waals surface area contributed by atoms with E-state index in [0.717, 1.165) is 22.6 Å². The van der Waals surface area contributed by atoms with Crippen LogP contribution < -0.4 is 15.4 Å². The first kappa shape index (κ1) is 30.2. The van der Waals surface area contributed by atoms with Gasteiger partial charge in [-0.2, -0.15) is 0 Å². The van der Waals surface area contributed by atoms with Crippen molar-refractivity contribution in [1.82, 2.24) is 5.32 Å². The lowest BCUT2D eigenvalue weighted by Crippen LogP contribution is -2.21. The molecule has 0 aliphatic carbocycles. The molecule has 0 spiro atoms. The van der Waals surface area contributed by atoms with Crippen molar-refractivity contribution in [3.63, 3.8) is 0 Å². The average molecular weight is 534 g/mol. The van der Waals surface area contributed by atoms with Crippen LogP contribution in [0.15, 0.2) is 65.2 Å². The summed E-state index contributed by atoms with van der Waals surface area (Å²) in [6.45, 7) is 3.28. The Kier molecular flexibility index (Phi) is 11.4. The van der Waals surface area contributed by atoms with Gasteiger partial charge in [0.25, 0.3) is 0 Å². The minimum absolute atomic E-state index is 0.00463. The van der Waals surface area contributed by atoms with Crippen molar-refractivity contribution in [2.24, 2.45) is 4.99 Å². The van der Waals surface area contributed by atoms with Gasteiger partial charge in [-0.3, -0.25) is 14.6 Å². The van der Waals surface area contributed by atoms with E-state index >= 15 is 0 Å². The first-order chi connectivity index (χ1) is 18.6. The maximum atomic E-state index is 11.9. The number of rotatable bonds is 8. The zero-order chi connectivity index (χ0) is 28.9. The van der Waals surface area contributed by atoms with E-state index in [0.29, 0.717) is 22.8 Å². The normalized spacial score (nSPS) is 11.1. The van der Waals surface area contributed by atoms with Crippen LogP contribution in [-0.2, 0) is 14.3 Å². The molecule has 0 unspecified atom stereocenters. The van der Waals surface area contributed by atoms with Crippen LogP contribution in [0.25, 0.3) is 16.8 Å². The number of hydrogen-bond acceptors (Lipinski definition) is 7. The van der Waals surface area contributed by atoms with Crippen molar-refractivity contribution in [2.45, 2.75) is 13.8 Å². The van der Waals surface area contributed by atoms with Crippen LogP contribution in [0.2, 0.25) is 0 Å². The van der Waals surface area contributed by atoms with Crippen LogP contribution >= 0.6 is 0 Å². The van der Waals surface area contributed by atoms with Crippen molar-refractivity contribution in [1.29, 1.82) is 0 Å². The van der Waals surface area contributed by atoms with E-state index in [1.54, 1.807) is 21.0 Å². The van der Waals surface area contributed by atoms with Gasteiger partial charge >= 0.3 is 11.9 Å². The monoisotopic (exact) mass is 533 g/mol. The number of ether oxygens (including phenoxy) is 2. The summed E-state index contributed by atoms with van der Waals surface area (Å²) in [4.78, 5) is 48.3. The summed E-state index contributed by atoms with van der Waals surface area (Å²) in [6.07, 6.45) is 2.62. The van der Waals surface area contributed by atoms with Crippen LogP contribution in [0, 0.1) is 0 Å². The number of aldehydes is 1. The Morgan fingerprint density at radius 3 is 2.21 bits per heavy atom. The third-order valence-electron chi connectivity index (χ3n) is 5.36. The highest BCUT2D eigenvalue weighted by molar-refractivity contribution is 6.01. The van der Waals surface area contributed by atoms with Crippen molar-refractivity contribution in [2.75, 3.05) is 33.1 Å². The number of nitrogens with zero attached hydrogens (tertiary/aromatic N) is 1. The highest BCUT2D eigenvalue weighted by Gasteiger charge is 2.14. The summed E-state index contributed by atoms with van der Waals surface area (Å²) < 4.78 is 10.7. The number of nitrogens with one attached hydrogen (secondary N) is 2. The Hall–Kier alpha value is -4.99. The van der Waals surface area contributed by atoms with E-state index in [1.807, 2.05) is 42.5 Å². The molecule has 0 bridgehead atoms. The maximum absolute atomic E-state index is 11.9. The van der Waals surface area contributed by atoms with Crippen LogP contribution in [0.1, 0.15) is 40.1 Å². The van der Waals surface area contributed by atoms with Crippen LogP contribution in [0.5, 0.6) is 5.75 Å². The highest BCUT2D eigenvalue weighted by atomic mass is 16.5. The molecular formula is C29H31N3O7. The Labute approximate surface area is 226 Å². The lowest BCUT2D eigenvalue weighted by atomic mass is 10.0. The molecule has 3 N–H and O–H groups in total. The molecule has 10 nitrogen and oxygen atoms in total. The molecule has 10 heteroatoms. The highest BCUT2D eigenvalue weighted by Crippen LogP contribution is 2.30. The summed E-state index contributed by atoms with van der Waals surface area (Å²) in [5, 5.41) is 16.6. The standard InChI is InChI=1S/C26H24N2O6.C3H7NO/c1-16(14-29)10-17-8-9-23(22-7-5-4-6-21(17)22)34-15-24(27-2)28-20-12-18(25(30)31)11-19(13-20)26(32)33-3;1-3(5)4-2/h4-14H,15H2,1-3H3,(H,27,28)(H,30,31);1-2H3,(H,4,5)/b16-10+;. The predicted molar refractivity (Wildman–Crippen MR) is 151 cm³/mol. The summed E-state index contributed by atoms with van der Waals surface area (Å²) >= 11 is 0. The number of fused-ring (bicyclic) bond motifs is 1. The fourth-order valence-corrected chi connectivity index (χ4v) is 3.35. The Morgan fingerprint density at radius 2 is 1.64 bits per heavy atom. The molecule has 3 aromatic rings. The Morgan fingerprint density at radius 1 is 1.00 bits per heavy atom. The zero-order valence-electron chi connectivity index (χ0n) is 22.4. The molecule has 1 amide bonds. The molecule has 3 rings (SSSR count). The summed E-state index contributed by atoms with van der Waals surface area (Å²) in [6, 6.07) is 15.5. The van der Waals surface area contributed by atoms with Crippen LogP contribution in [0.4, 0.5) is 5.69 Å². The van der Waals surface area contributed by atoms with Gasteiger partial charge in [0.2, 0.25) is 5.91 Å². The zero-order valence-corrected chi connectivity index (χ0v) is 22.4. The van der Waals surface area contributed by atoms with Crippen LogP contribution in [0.3, 0.4) is 0 Å². The number of carboxylic acids is 1. The molecule has 0 aliphatic rings. The molecule has 0 fully saturated rings. The fourth-order valence-electron chi connectivity index (χ4n) is 3.35. The molecule has 39 heavy (non-hydrogen) atoms. The van der Waals surface area contributed by atoms with Gasteiger partial charge in [0.1, 0.15) is 24.5 Å². The molecule has 0 saturated heterocycles. The molecule has 0 saturated carbocycles. The van der Waals surface area contributed by atoms with Gasteiger partial charge in [-0.25, -0.2) is 9.59 Å². The minimum Gasteiger partial charge on any atom is -0.485 e. The van der Waals surface area contributed by atoms with Gasteiger partial charge in [-0.05, 0) is 53.8 Å². The number of amidine groups is 1. The molecule has 0 radical (unpaired) electrons. The first-order valence-electron chi connectivity index (χ1n) is 11.8. The van der Waals surface area contributed by atoms with Gasteiger partial charge < -0.3 is 25.2 Å². The van der Waals surface area contributed by atoms with Crippen molar-refractivity contribution < 1.29 is 33.8 Å². The number of amides is 1. The maximum Gasteiger partial charge on any atom is 0.337 e. The number of carboxylic acid groups (broad SMARTS) is 1. The van der Waals surface area contributed by atoms with Gasteiger partial charge in [0, 0.05) is 32.1 Å². The van der Waals surface area contributed by atoms with Gasteiger partial charge in [-0.15, -0.1) is 0 Å². The minimum atomic E-state index is -1.18. The van der Waals surface area contributed by atoms with Crippen molar-refractivity contribution >= 4 is 52.5 Å². The number of aliphatic imine (C=N–C) groups is 1. The largest absolute Gasteiger partial charge is 0.485 e. The summed E-state index contributed by atoms with van der Waals surface area (Å²) in [7, 11) is 4.39. The third kappa shape index (κ3) is 8.81. The number of carbonyl (C=O) groups is 4. The Balaban J connectivity index is 0.000000976. The topological polar surface area (TPSA) is 143 Å². The SMILES string of the molecule is CN=C(COc1ccc(/C=C(\C)C=O)c2ccccc12)Nc1cc(C(=O)O)cc(C(=O)OC)c1.CNC(C)=O. The average Bonchev–Trinajstić information content (AvgIpc) is 2.95. The van der Waals surface area contributed by atoms with E-state index in [2.05, 4.69) is 15.6 Å². The predicted octanol–water partition coefficient (Wildman–Crippen LogP) is 4.20. The molecule has 0 atom stereocenters. The second-order valence-corrected chi connectivity index (χ2v) is 8.19. The molecular weight excluding hydrogens is 502 g/mol.